The average Bonchev–Trinajstić information content (AvgIpc) is 3.66. The molecule has 3 nitrogen and oxygen atoms in total. The third-order valence-electron chi connectivity index (χ3n) is 13.5. The van der Waals surface area contributed by atoms with Gasteiger partial charge in [-0.15, -0.1) is 0 Å². The molecule has 3 aliphatic rings. The molecular formula is C59H37N3S. The molecule has 0 bridgehead atoms. The van der Waals surface area contributed by atoms with Crippen molar-refractivity contribution in [2.45, 2.75) is 20.6 Å². The van der Waals surface area contributed by atoms with Crippen molar-refractivity contribution >= 4 is 11.8 Å². The van der Waals surface area contributed by atoms with Crippen molar-refractivity contribution in [1.82, 2.24) is 15.0 Å². The summed E-state index contributed by atoms with van der Waals surface area (Å²) in [7, 11) is 0. The van der Waals surface area contributed by atoms with Crippen LogP contribution in [0.4, 0.5) is 0 Å². The lowest BCUT2D eigenvalue weighted by Gasteiger charge is -2.52. The summed E-state index contributed by atoms with van der Waals surface area (Å²) in [5.74, 6) is 1.93. The average molecular weight is 820 g/mol. The molecule has 2 heterocycles. The Balaban J connectivity index is 1.11. The molecule has 0 atom stereocenters. The summed E-state index contributed by atoms with van der Waals surface area (Å²) < 4.78 is 0. The molecule has 0 radical (unpaired) electrons. The maximum atomic E-state index is 5.44. The van der Waals surface area contributed by atoms with Gasteiger partial charge in [-0.1, -0.05) is 230 Å². The molecule has 0 saturated heterocycles. The maximum Gasteiger partial charge on any atom is 0.165 e. The van der Waals surface area contributed by atoms with Crippen molar-refractivity contribution in [3.63, 3.8) is 0 Å². The van der Waals surface area contributed by atoms with Crippen LogP contribution in [0.15, 0.2) is 234 Å². The van der Waals surface area contributed by atoms with Gasteiger partial charge in [-0.25, -0.2) is 15.0 Å². The van der Waals surface area contributed by atoms with Crippen LogP contribution in [0.5, 0.6) is 0 Å². The first-order valence-electron chi connectivity index (χ1n) is 21.5. The first kappa shape index (κ1) is 36.0. The highest BCUT2D eigenvalue weighted by atomic mass is 32.2. The number of nitrogens with zero attached hydrogens (tertiary/aromatic N) is 3. The van der Waals surface area contributed by atoms with Gasteiger partial charge in [0.15, 0.2) is 17.5 Å². The van der Waals surface area contributed by atoms with Gasteiger partial charge in [0, 0.05) is 26.5 Å². The molecule has 9 aromatic carbocycles. The van der Waals surface area contributed by atoms with E-state index in [0.717, 1.165) is 32.7 Å². The van der Waals surface area contributed by atoms with Crippen molar-refractivity contribution in [2.75, 3.05) is 0 Å². The molecule has 63 heavy (non-hydrogen) atoms. The van der Waals surface area contributed by atoms with Crippen molar-refractivity contribution < 1.29 is 0 Å². The predicted octanol–water partition coefficient (Wildman–Crippen LogP) is 14.1. The van der Waals surface area contributed by atoms with E-state index in [0.29, 0.717) is 17.5 Å². The number of benzene rings is 9. The van der Waals surface area contributed by atoms with Crippen LogP contribution >= 0.6 is 11.8 Å². The molecule has 1 aliphatic heterocycles. The second-order valence-corrected chi connectivity index (χ2v) is 17.6. The molecule has 1 aromatic heterocycles. The Morgan fingerprint density at radius 1 is 0.254 bits per heavy atom. The SMILES string of the molecule is c1ccc(-c2nc(-c3ccccc3-c3ccccc3)nc(-c3cccc4c3Sc3ccccc3C43c4ccccc4C4(c5ccccc5-c5ccccc54)c4ccccc43)n2)cc1. The van der Waals surface area contributed by atoms with Gasteiger partial charge in [0.1, 0.15) is 0 Å². The van der Waals surface area contributed by atoms with Gasteiger partial charge in [-0.05, 0) is 72.8 Å². The minimum atomic E-state index is -0.657. The Labute approximate surface area is 370 Å². The van der Waals surface area contributed by atoms with Crippen molar-refractivity contribution in [1.29, 1.82) is 0 Å². The maximum absolute atomic E-state index is 5.44. The number of aromatic nitrogens is 3. The molecule has 0 unspecified atom stereocenters. The fourth-order valence-corrected chi connectivity index (χ4v) is 12.4. The molecule has 2 spiro atoms. The summed E-state index contributed by atoms with van der Waals surface area (Å²) >= 11 is 1.82. The summed E-state index contributed by atoms with van der Waals surface area (Å²) in [6.45, 7) is 0. The van der Waals surface area contributed by atoms with Crippen LogP contribution in [0.1, 0.15) is 44.5 Å². The number of fused-ring (bicyclic) bond motifs is 15. The molecule has 0 amide bonds. The van der Waals surface area contributed by atoms with Gasteiger partial charge in [-0.2, -0.15) is 0 Å². The first-order valence-corrected chi connectivity index (χ1v) is 22.3. The molecule has 0 saturated carbocycles. The summed E-state index contributed by atoms with van der Waals surface area (Å²) in [5, 5.41) is 0. The Morgan fingerprint density at radius 3 is 1.22 bits per heavy atom. The molecule has 10 aromatic rings. The zero-order valence-corrected chi connectivity index (χ0v) is 34.9. The van der Waals surface area contributed by atoms with Crippen LogP contribution in [0.3, 0.4) is 0 Å². The van der Waals surface area contributed by atoms with Gasteiger partial charge >= 0.3 is 0 Å². The minimum Gasteiger partial charge on any atom is -0.208 e. The Bertz CT molecular complexity index is 3350. The largest absolute Gasteiger partial charge is 0.208 e. The monoisotopic (exact) mass is 819 g/mol. The van der Waals surface area contributed by atoms with E-state index in [1.54, 1.807) is 0 Å². The summed E-state index contributed by atoms with van der Waals surface area (Å²) in [6, 6.07) is 81.6. The van der Waals surface area contributed by atoms with Gasteiger partial charge in [-0.3, -0.25) is 0 Å². The molecule has 0 fully saturated rings. The highest BCUT2D eigenvalue weighted by molar-refractivity contribution is 7.99. The fourth-order valence-electron chi connectivity index (χ4n) is 11.1. The highest BCUT2D eigenvalue weighted by Gasteiger charge is 2.58. The summed E-state index contributed by atoms with van der Waals surface area (Å²) in [5.41, 5.74) is 16.9. The Kier molecular flexibility index (Phi) is 7.97. The number of rotatable bonds is 4. The van der Waals surface area contributed by atoms with Gasteiger partial charge in [0.25, 0.3) is 0 Å². The Morgan fingerprint density at radius 2 is 0.635 bits per heavy atom. The van der Waals surface area contributed by atoms with Gasteiger partial charge in [0.2, 0.25) is 0 Å². The molecule has 0 N–H and O–H groups in total. The van der Waals surface area contributed by atoms with Crippen LogP contribution in [0, 0.1) is 0 Å². The standard InChI is InChI=1S/C59H37N3S/c1-3-20-38(21-4-1)40-24-7-8-27-43(40)56-60-55(39-22-5-2-6-23-39)61-57(62-56)44-28-19-36-52-54(44)63-53-37-18-17-35-51(53)59(52)49-33-15-13-31-47(49)58(48-32-14-16-34-50(48)59)45-29-11-9-25-41(45)42-26-10-12-30-46(42)58/h1-37H. The normalized spacial score (nSPS) is 14.2. The lowest BCUT2D eigenvalue weighted by atomic mass is 9.51. The smallest absolute Gasteiger partial charge is 0.165 e. The van der Waals surface area contributed by atoms with Crippen LogP contribution in [0.2, 0.25) is 0 Å². The van der Waals surface area contributed by atoms with Gasteiger partial charge < -0.3 is 0 Å². The highest BCUT2D eigenvalue weighted by Crippen LogP contribution is 2.67. The van der Waals surface area contributed by atoms with E-state index in [1.165, 1.54) is 60.5 Å². The zero-order chi connectivity index (χ0) is 41.5. The van der Waals surface area contributed by atoms with E-state index in [4.69, 9.17) is 15.0 Å². The molecule has 13 rings (SSSR count). The number of hydrogen-bond donors (Lipinski definition) is 0. The lowest BCUT2D eigenvalue weighted by molar-refractivity contribution is 0.606. The van der Waals surface area contributed by atoms with E-state index in [9.17, 15) is 0 Å². The van der Waals surface area contributed by atoms with Crippen molar-refractivity contribution in [3.8, 4) is 56.4 Å². The second kappa shape index (κ2) is 13.9. The molecule has 294 valence electrons. The van der Waals surface area contributed by atoms with Crippen molar-refractivity contribution in [3.05, 3.63) is 269 Å². The molecule has 4 heteroatoms. The predicted molar refractivity (Wildman–Crippen MR) is 255 cm³/mol. The van der Waals surface area contributed by atoms with E-state index in [1.807, 2.05) is 30.0 Å². The minimum absolute atomic E-state index is 0.511. The topological polar surface area (TPSA) is 38.7 Å². The van der Waals surface area contributed by atoms with E-state index < -0.39 is 10.8 Å². The van der Waals surface area contributed by atoms with Crippen LogP contribution in [-0.2, 0) is 10.8 Å². The summed E-state index contributed by atoms with van der Waals surface area (Å²) in [4.78, 5) is 18.4. The number of hydrogen-bond acceptors (Lipinski definition) is 4. The fraction of sp³-hybridized carbons (Fsp3) is 0.0339. The van der Waals surface area contributed by atoms with Crippen LogP contribution in [-0.4, -0.2) is 15.0 Å². The molecular weight excluding hydrogens is 783 g/mol. The zero-order valence-electron chi connectivity index (χ0n) is 34.1. The Hall–Kier alpha value is -7.66. The van der Waals surface area contributed by atoms with E-state index >= 15 is 0 Å². The van der Waals surface area contributed by atoms with Gasteiger partial charge in [0.05, 0.1) is 10.8 Å². The third kappa shape index (κ3) is 5.01. The van der Waals surface area contributed by atoms with E-state index in [2.05, 4.69) is 206 Å². The quantitative estimate of drug-likeness (QED) is 0.177. The van der Waals surface area contributed by atoms with Crippen molar-refractivity contribution in [2.24, 2.45) is 0 Å². The third-order valence-corrected chi connectivity index (χ3v) is 14.7. The lowest BCUT2D eigenvalue weighted by Crippen LogP contribution is -2.45. The second-order valence-electron chi connectivity index (χ2n) is 16.5. The van der Waals surface area contributed by atoms with E-state index in [-0.39, 0.29) is 0 Å². The first-order chi connectivity index (χ1) is 31.3. The van der Waals surface area contributed by atoms with Crippen LogP contribution in [0.25, 0.3) is 56.4 Å². The molecule has 2 aliphatic carbocycles. The summed E-state index contributed by atoms with van der Waals surface area (Å²) in [6.07, 6.45) is 0. The van der Waals surface area contributed by atoms with Crippen LogP contribution < -0.4 is 0 Å².